The number of carbonyl (C=O) groups is 1. The number of nitrogens with two attached hydrogens (primary N) is 1. The van der Waals surface area contributed by atoms with Crippen LogP contribution in [0.4, 0.5) is 5.69 Å². The average molecular weight is 534 g/mol. The van der Waals surface area contributed by atoms with Crippen molar-refractivity contribution in [2.45, 2.75) is 6.42 Å². The van der Waals surface area contributed by atoms with E-state index in [0.29, 0.717) is 117 Å². The smallest absolute Gasteiger partial charge is 0.305 e. The molecule has 1 aromatic carbocycles. The summed E-state index contributed by atoms with van der Waals surface area (Å²) in [7, 11) is 0. The number of anilines is 1. The Labute approximate surface area is 219 Å². The van der Waals surface area contributed by atoms with Gasteiger partial charge in [-0.2, -0.15) is 0 Å². The number of ether oxygens (including phenoxy) is 9. The van der Waals surface area contributed by atoms with E-state index in [-0.39, 0.29) is 13.0 Å². The second-order valence-corrected chi connectivity index (χ2v) is 7.43. The molecule has 12 heteroatoms. The van der Waals surface area contributed by atoms with E-state index in [0.717, 1.165) is 0 Å². The maximum atomic E-state index is 10.3. The van der Waals surface area contributed by atoms with Gasteiger partial charge in [0.25, 0.3) is 0 Å². The zero-order chi connectivity index (χ0) is 26.7. The van der Waals surface area contributed by atoms with E-state index >= 15 is 0 Å². The molecule has 0 aliphatic heterocycles. The first-order valence-corrected chi connectivity index (χ1v) is 12.5. The summed E-state index contributed by atoms with van der Waals surface area (Å²) >= 11 is 0. The Morgan fingerprint density at radius 1 is 0.541 bits per heavy atom. The van der Waals surface area contributed by atoms with Crippen molar-refractivity contribution in [2.24, 2.45) is 0 Å². The van der Waals surface area contributed by atoms with Crippen molar-refractivity contribution in [3.05, 3.63) is 24.3 Å². The second kappa shape index (κ2) is 25.6. The van der Waals surface area contributed by atoms with Crippen molar-refractivity contribution in [2.75, 3.05) is 118 Å². The normalized spacial score (nSPS) is 11.1. The lowest BCUT2D eigenvalue weighted by atomic mass is 10.3. The number of aliphatic carboxylic acids is 1. The zero-order valence-corrected chi connectivity index (χ0v) is 21.6. The number of nitrogen functional groups attached to an aromatic ring is 1. The highest BCUT2D eigenvalue weighted by molar-refractivity contribution is 5.66. The molecule has 0 spiro atoms. The van der Waals surface area contributed by atoms with Gasteiger partial charge in [0.2, 0.25) is 0 Å². The molecule has 1 aromatic rings. The molecule has 0 atom stereocenters. The largest absolute Gasteiger partial charge is 0.489 e. The van der Waals surface area contributed by atoms with Crippen LogP contribution in [0.1, 0.15) is 6.42 Å². The van der Waals surface area contributed by atoms with Crippen molar-refractivity contribution >= 4 is 11.7 Å². The van der Waals surface area contributed by atoms with Gasteiger partial charge in [0.05, 0.1) is 118 Å². The Hall–Kier alpha value is -2.03. The molecule has 0 saturated heterocycles. The van der Waals surface area contributed by atoms with Gasteiger partial charge in [-0.3, -0.25) is 4.79 Å². The number of carboxylic acids is 1. The molecule has 12 nitrogen and oxygen atoms in total. The third-order valence-corrected chi connectivity index (χ3v) is 4.47. The Bertz CT molecular complexity index is 651. The number of hydrogen-bond donors (Lipinski definition) is 2. The fourth-order valence-corrected chi connectivity index (χ4v) is 2.62. The Morgan fingerprint density at radius 2 is 0.865 bits per heavy atom. The molecule has 214 valence electrons. The fraction of sp³-hybridized carbons (Fsp3) is 0.720. The van der Waals surface area contributed by atoms with Gasteiger partial charge in [-0.25, -0.2) is 0 Å². The van der Waals surface area contributed by atoms with Gasteiger partial charge in [-0.1, -0.05) is 12.1 Å². The van der Waals surface area contributed by atoms with Crippen molar-refractivity contribution in [3.8, 4) is 5.75 Å². The highest BCUT2D eigenvalue weighted by Crippen LogP contribution is 2.19. The predicted octanol–water partition coefficient (Wildman–Crippen LogP) is 1.26. The van der Waals surface area contributed by atoms with Crippen molar-refractivity contribution in [1.29, 1.82) is 0 Å². The van der Waals surface area contributed by atoms with Crippen LogP contribution >= 0.6 is 0 Å². The minimum Gasteiger partial charge on any atom is -0.489 e. The quantitative estimate of drug-likeness (QED) is 0.118. The van der Waals surface area contributed by atoms with Crippen molar-refractivity contribution < 1.29 is 52.5 Å². The van der Waals surface area contributed by atoms with Crippen LogP contribution in [-0.4, -0.2) is 123 Å². The molecule has 1 rings (SSSR count). The molecule has 0 radical (unpaired) electrons. The van der Waals surface area contributed by atoms with E-state index in [1.165, 1.54) is 0 Å². The maximum absolute atomic E-state index is 10.3. The topological polar surface area (TPSA) is 146 Å². The summed E-state index contributed by atoms with van der Waals surface area (Å²) in [5.41, 5.74) is 6.41. The standard InChI is InChI=1S/C25H43NO11/c26-23-3-1-2-4-24(23)37-22-21-36-20-19-35-18-17-34-16-15-33-14-13-32-12-11-31-10-9-30-8-7-29-6-5-25(27)28/h1-4H,5-22,26H2,(H,27,28). The summed E-state index contributed by atoms with van der Waals surface area (Å²) in [5, 5.41) is 8.46. The van der Waals surface area contributed by atoms with Gasteiger partial charge in [0, 0.05) is 0 Å². The first kappa shape index (κ1) is 33.0. The minimum absolute atomic E-state index is 0.000363. The van der Waals surface area contributed by atoms with Crippen LogP contribution in [0.5, 0.6) is 5.75 Å². The number of benzene rings is 1. The lowest BCUT2D eigenvalue weighted by Crippen LogP contribution is -2.15. The van der Waals surface area contributed by atoms with Crippen LogP contribution < -0.4 is 10.5 Å². The van der Waals surface area contributed by atoms with Crippen LogP contribution in [-0.2, 0) is 42.7 Å². The molecule has 37 heavy (non-hydrogen) atoms. The molecule has 0 bridgehead atoms. The molecule has 0 aliphatic carbocycles. The van der Waals surface area contributed by atoms with Crippen LogP contribution in [0, 0.1) is 0 Å². The molecular weight excluding hydrogens is 490 g/mol. The van der Waals surface area contributed by atoms with E-state index in [9.17, 15) is 4.79 Å². The van der Waals surface area contributed by atoms with E-state index in [1.54, 1.807) is 6.07 Å². The number of rotatable bonds is 28. The van der Waals surface area contributed by atoms with Crippen LogP contribution in [0.15, 0.2) is 24.3 Å². The summed E-state index contributed by atoms with van der Waals surface area (Å²) in [6, 6.07) is 7.35. The van der Waals surface area contributed by atoms with E-state index in [4.69, 9.17) is 53.5 Å². The molecule has 0 aromatic heterocycles. The summed E-state index contributed by atoms with van der Waals surface area (Å²) in [5.74, 6) is -0.210. The van der Waals surface area contributed by atoms with Gasteiger partial charge < -0.3 is 53.5 Å². The fourth-order valence-electron chi connectivity index (χ4n) is 2.62. The SMILES string of the molecule is Nc1ccccc1OCCOCCOCCOCCOCCOCCOCCOCCOCCC(=O)O. The van der Waals surface area contributed by atoms with E-state index < -0.39 is 5.97 Å². The lowest BCUT2D eigenvalue weighted by molar-refractivity contribution is -0.138. The Kier molecular flexibility index (Phi) is 22.8. The highest BCUT2D eigenvalue weighted by atomic mass is 16.6. The predicted molar refractivity (Wildman–Crippen MR) is 135 cm³/mol. The summed E-state index contributed by atoms with van der Waals surface area (Å²) in [6.07, 6.45) is -0.000363. The summed E-state index contributed by atoms with van der Waals surface area (Å²) in [4.78, 5) is 10.3. The molecule has 0 amide bonds. The summed E-state index contributed by atoms with van der Waals surface area (Å²) in [6.45, 7) is 7.67. The molecule has 0 heterocycles. The Morgan fingerprint density at radius 3 is 1.22 bits per heavy atom. The molecular formula is C25H43NO11. The average Bonchev–Trinajstić information content (AvgIpc) is 2.89. The minimum atomic E-state index is -0.873. The van der Waals surface area contributed by atoms with Gasteiger partial charge in [-0.15, -0.1) is 0 Å². The molecule has 0 fully saturated rings. The highest BCUT2D eigenvalue weighted by Gasteiger charge is 1.99. The number of para-hydroxylation sites is 2. The number of hydrogen-bond acceptors (Lipinski definition) is 11. The van der Waals surface area contributed by atoms with Gasteiger partial charge in [0.1, 0.15) is 12.4 Å². The zero-order valence-electron chi connectivity index (χ0n) is 21.6. The van der Waals surface area contributed by atoms with Crippen LogP contribution in [0.3, 0.4) is 0 Å². The third kappa shape index (κ3) is 22.9. The van der Waals surface area contributed by atoms with Gasteiger partial charge >= 0.3 is 5.97 Å². The monoisotopic (exact) mass is 533 g/mol. The number of carboxylic acid groups (broad SMARTS) is 1. The third-order valence-electron chi connectivity index (χ3n) is 4.47. The van der Waals surface area contributed by atoms with E-state index in [1.807, 2.05) is 18.2 Å². The first-order chi connectivity index (χ1) is 18.2. The first-order valence-electron chi connectivity index (χ1n) is 12.5. The maximum Gasteiger partial charge on any atom is 0.305 e. The van der Waals surface area contributed by atoms with Crippen molar-refractivity contribution in [1.82, 2.24) is 0 Å². The molecule has 0 unspecified atom stereocenters. The molecule has 0 saturated carbocycles. The molecule has 3 N–H and O–H groups in total. The van der Waals surface area contributed by atoms with E-state index in [2.05, 4.69) is 0 Å². The van der Waals surface area contributed by atoms with Crippen LogP contribution in [0.2, 0.25) is 0 Å². The second-order valence-electron chi connectivity index (χ2n) is 7.43. The van der Waals surface area contributed by atoms with Crippen molar-refractivity contribution in [3.63, 3.8) is 0 Å². The van der Waals surface area contributed by atoms with Crippen LogP contribution in [0.25, 0.3) is 0 Å². The Balaban J connectivity index is 1.66. The lowest BCUT2D eigenvalue weighted by Gasteiger charge is -2.09. The molecule has 0 aliphatic rings. The van der Waals surface area contributed by atoms with Gasteiger partial charge in [-0.05, 0) is 12.1 Å². The van der Waals surface area contributed by atoms with Gasteiger partial charge in [0.15, 0.2) is 0 Å². The summed E-state index contributed by atoms with van der Waals surface area (Å²) < 4.78 is 48.5.